The van der Waals surface area contributed by atoms with E-state index in [2.05, 4.69) is 40.3 Å². The summed E-state index contributed by atoms with van der Waals surface area (Å²) in [6.07, 6.45) is 0.850. The van der Waals surface area contributed by atoms with Gasteiger partial charge >= 0.3 is 0 Å². The molecule has 1 unspecified atom stereocenters. The van der Waals surface area contributed by atoms with Crippen LogP contribution >= 0.6 is 27.3 Å². The molecule has 0 saturated heterocycles. The molecule has 0 aliphatic heterocycles. The minimum Gasteiger partial charge on any atom is -0.484 e. The molecule has 1 atom stereocenters. The lowest BCUT2D eigenvalue weighted by Gasteiger charge is -2.13. The van der Waals surface area contributed by atoms with Crippen LogP contribution in [0.2, 0.25) is 0 Å². The van der Waals surface area contributed by atoms with Gasteiger partial charge in [0.2, 0.25) is 0 Å². The second-order valence-corrected chi connectivity index (χ2v) is 7.22. The van der Waals surface area contributed by atoms with Crippen molar-refractivity contribution in [1.29, 1.82) is 0 Å². The molecule has 0 spiro atoms. The van der Waals surface area contributed by atoms with Crippen LogP contribution in [0.1, 0.15) is 16.7 Å². The van der Waals surface area contributed by atoms with E-state index in [0.717, 1.165) is 10.9 Å². The maximum atomic E-state index is 11.8. The highest BCUT2D eigenvalue weighted by Gasteiger charge is 2.10. The van der Waals surface area contributed by atoms with Gasteiger partial charge < -0.3 is 10.1 Å². The van der Waals surface area contributed by atoms with Gasteiger partial charge in [-0.25, -0.2) is 0 Å². The van der Waals surface area contributed by atoms with Crippen molar-refractivity contribution in [3.8, 4) is 5.75 Å². The first kappa shape index (κ1) is 16.0. The monoisotopic (exact) mass is 367 g/mol. The topological polar surface area (TPSA) is 38.3 Å². The summed E-state index contributed by atoms with van der Waals surface area (Å²) < 4.78 is 6.43. The molecule has 0 radical (unpaired) electrons. The van der Waals surface area contributed by atoms with Crippen LogP contribution in [-0.4, -0.2) is 18.6 Å². The molecule has 3 nitrogen and oxygen atoms in total. The third-order valence-electron chi connectivity index (χ3n) is 2.89. The van der Waals surface area contributed by atoms with E-state index in [0.29, 0.717) is 5.75 Å². The molecule has 1 N–H and O–H groups in total. The number of carbonyl (C=O) groups excluding carboxylic acids is 1. The van der Waals surface area contributed by atoms with Gasteiger partial charge in [0, 0.05) is 26.7 Å². The number of carbonyl (C=O) groups is 1. The van der Waals surface area contributed by atoms with Crippen molar-refractivity contribution < 1.29 is 9.53 Å². The van der Waals surface area contributed by atoms with Crippen molar-refractivity contribution in [3.63, 3.8) is 0 Å². The summed E-state index contributed by atoms with van der Waals surface area (Å²) in [5.41, 5.74) is 0. The number of ether oxygens (including phenoxy) is 1. The van der Waals surface area contributed by atoms with E-state index in [1.165, 1.54) is 9.75 Å². The molecular formula is C16H18BrNO2S. The largest absolute Gasteiger partial charge is 0.484 e. The molecule has 1 aromatic heterocycles. The average molecular weight is 368 g/mol. The number of amides is 1. The molecule has 21 heavy (non-hydrogen) atoms. The van der Waals surface area contributed by atoms with Gasteiger partial charge in [-0.05, 0) is 50.2 Å². The SMILES string of the molecule is Cc1ccc(CC(C)NC(=O)COc2ccc(Br)cc2)s1. The first-order valence-corrected chi connectivity index (χ1v) is 8.37. The second-order valence-electron chi connectivity index (χ2n) is 4.93. The van der Waals surface area contributed by atoms with Gasteiger partial charge in [0.25, 0.3) is 5.91 Å². The maximum Gasteiger partial charge on any atom is 0.258 e. The Bertz CT molecular complexity index is 595. The molecule has 0 aliphatic carbocycles. The number of rotatable bonds is 6. The van der Waals surface area contributed by atoms with Crippen LogP contribution in [0.4, 0.5) is 0 Å². The smallest absolute Gasteiger partial charge is 0.258 e. The van der Waals surface area contributed by atoms with Gasteiger partial charge in [-0.1, -0.05) is 15.9 Å². The Balaban J connectivity index is 1.74. The Morgan fingerprint density at radius 2 is 2.00 bits per heavy atom. The predicted octanol–water partition coefficient (Wildman–Crippen LogP) is 3.95. The van der Waals surface area contributed by atoms with Gasteiger partial charge in [-0.2, -0.15) is 0 Å². The fraction of sp³-hybridized carbons (Fsp3) is 0.312. The van der Waals surface area contributed by atoms with Crippen LogP contribution in [0.5, 0.6) is 5.75 Å². The highest BCUT2D eigenvalue weighted by atomic mass is 79.9. The van der Waals surface area contributed by atoms with E-state index in [-0.39, 0.29) is 18.6 Å². The van der Waals surface area contributed by atoms with E-state index in [1.54, 1.807) is 11.3 Å². The van der Waals surface area contributed by atoms with Crippen LogP contribution < -0.4 is 10.1 Å². The van der Waals surface area contributed by atoms with Crippen LogP contribution in [-0.2, 0) is 11.2 Å². The van der Waals surface area contributed by atoms with E-state index in [4.69, 9.17) is 4.74 Å². The van der Waals surface area contributed by atoms with Crippen LogP contribution in [0.15, 0.2) is 40.9 Å². The number of aryl methyl sites for hydroxylation is 1. The van der Waals surface area contributed by atoms with Gasteiger partial charge in [0.1, 0.15) is 5.75 Å². The summed E-state index contributed by atoms with van der Waals surface area (Å²) in [5, 5.41) is 2.95. The predicted molar refractivity (Wildman–Crippen MR) is 90.0 cm³/mol. The Kier molecular flexibility index (Phi) is 5.82. The molecule has 0 bridgehead atoms. The van der Waals surface area contributed by atoms with Crippen molar-refractivity contribution in [2.75, 3.05) is 6.61 Å². The highest BCUT2D eigenvalue weighted by Crippen LogP contribution is 2.17. The summed E-state index contributed by atoms with van der Waals surface area (Å²) >= 11 is 5.13. The summed E-state index contributed by atoms with van der Waals surface area (Å²) in [7, 11) is 0. The van der Waals surface area contributed by atoms with Crippen molar-refractivity contribution >= 4 is 33.2 Å². The van der Waals surface area contributed by atoms with Crippen molar-refractivity contribution in [2.45, 2.75) is 26.3 Å². The second kappa shape index (κ2) is 7.61. The molecule has 1 aromatic carbocycles. The van der Waals surface area contributed by atoms with E-state index >= 15 is 0 Å². The molecule has 1 amide bonds. The van der Waals surface area contributed by atoms with Gasteiger partial charge in [-0.15, -0.1) is 11.3 Å². The van der Waals surface area contributed by atoms with Crippen LogP contribution in [0.3, 0.4) is 0 Å². The van der Waals surface area contributed by atoms with Crippen molar-refractivity contribution in [3.05, 3.63) is 50.6 Å². The van der Waals surface area contributed by atoms with Gasteiger partial charge in [-0.3, -0.25) is 4.79 Å². The number of nitrogens with one attached hydrogen (secondary N) is 1. The zero-order chi connectivity index (χ0) is 15.2. The zero-order valence-electron chi connectivity index (χ0n) is 12.1. The lowest BCUT2D eigenvalue weighted by Crippen LogP contribution is -2.37. The third kappa shape index (κ3) is 5.52. The number of halogens is 1. The minimum atomic E-state index is -0.0984. The quantitative estimate of drug-likeness (QED) is 0.839. The number of thiophene rings is 1. The van der Waals surface area contributed by atoms with Crippen LogP contribution in [0.25, 0.3) is 0 Å². The lowest BCUT2D eigenvalue weighted by atomic mass is 10.2. The van der Waals surface area contributed by atoms with Gasteiger partial charge in [0.15, 0.2) is 6.61 Å². The first-order valence-electron chi connectivity index (χ1n) is 6.76. The number of hydrogen-bond acceptors (Lipinski definition) is 3. The minimum absolute atomic E-state index is 0.0371. The molecule has 2 rings (SSSR count). The summed E-state index contributed by atoms with van der Waals surface area (Å²) in [6.45, 7) is 4.13. The Morgan fingerprint density at radius 1 is 1.29 bits per heavy atom. The molecule has 1 heterocycles. The van der Waals surface area contributed by atoms with Crippen molar-refractivity contribution in [1.82, 2.24) is 5.32 Å². The molecule has 2 aromatic rings. The van der Waals surface area contributed by atoms with Crippen molar-refractivity contribution in [2.24, 2.45) is 0 Å². The van der Waals surface area contributed by atoms with Gasteiger partial charge in [0.05, 0.1) is 0 Å². The normalized spacial score (nSPS) is 12.0. The third-order valence-corrected chi connectivity index (χ3v) is 4.45. The Hall–Kier alpha value is -1.33. The Morgan fingerprint density at radius 3 is 2.62 bits per heavy atom. The molecular weight excluding hydrogens is 350 g/mol. The van der Waals surface area contributed by atoms with E-state index in [9.17, 15) is 4.79 Å². The highest BCUT2D eigenvalue weighted by molar-refractivity contribution is 9.10. The molecule has 5 heteroatoms. The first-order chi connectivity index (χ1) is 10.0. The average Bonchev–Trinajstić information content (AvgIpc) is 2.83. The summed E-state index contributed by atoms with van der Waals surface area (Å²) in [5.74, 6) is 0.591. The maximum absolute atomic E-state index is 11.8. The van der Waals surface area contributed by atoms with E-state index in [1.807, 2.05) is 31.2 Å². The lowest BCUT2D eigenvalue weighted by molar-refractivity contribution is -0.123. The number of hydrogen-bond donors (Lipinski definition) is 1. The fourth-order valence-corrected chi connectivity index (χ4v) is 3.23. The summed E-state index contributed by atoms with van der Waals surface area (Å²) in [6, 6.07) is 11.7. The van der Waals surface area contributed by atoms with E-state index < -0.39 is 0 Å². The standard InChI is InChI=1S/C16H18BrNO2S/c1-11(9-15-8-3-12(2)21-15)18-16(19)10-20-14-6-4-13(17)5-7-14/h3-8,11H,9-10H2,1-2H3,(H,18,19). The molecule has 0 aliphatic rings. The molecule has 0 saturated carbocycles. The summed E-state index contributed by atoms with van der Waals surface area (Å²) in [4.78, 5) is 14.4. The molecule has 112 valence electrons. The fourth-order valence-electron chi connectivity index (χ4n) is 1.94. The Labute approximate surface area is 137 Å². The van der Waals surface area contributed by atoms with Crippen LogP contribution in [0, 0.1) is 6.92 Å². The number of benzene rings is 1. The molecule has 0 fully saturated rings. The zero-order valence-corrected chi connectivity index (χ0v) is 14.5.